The second kappa shape index (κ2) is 8.94. The summed E-state index contributed by atoms with van der Waals surface area (Å²) in [4.78, 5) is 17.3. The highest BCUT2D eigenvalue weighted by atomic mass is 16.1. The summed E-state index contributed by atoms with van der Waals surface area (Å²) >= 11 is 0. The molecule has 4 N–H and O–H groups in total. The number of benzene rings is 1. The van der Waals surface area contributed by atoms with Crippen LogP contribution in [0.3, 0.4) is 0 Å². The molecule has 1 aromatic carbocycles. The van der Waals surface area contributed by atoms with Crippen LogP contribution in [0.15, 0.2) is 35.1 Å². The Bertz CT molecular complexity index is 687. The highest BCUT2D eigenvalue weighted by Gasteiger charge is 2.10. The third-order valence-electron chi connectivity index (χ3n) is 4.40. The minimum absolute atomic E-state index is 0.0274. The standard InChI is InChI=1S/C18H27N5O/c24-18-13-15(16-3-1-2-4-17(16)22-18)14-23-11-9-20-7-5-19-6-8-21-10-12-23/h1-4,13,19-21H,5-12,14H2,(H,22,24). The predicted octanol–water partition coefficient (Wildman–Crippen LogP) is 0.113. The molecule has 6 nitrogen and oxygen atoms in total. The van der Waals surface area contributed by atoms with E-state index in [0.29, 0.717) is 0 Å². The maximum atomic E-state index is 11.9. The number of nitrogens with one attached hydrogen (secondary N) is 4. The van der Waals surface area contributed by atoms with E-state index >= 15 is 0 Å². The van der Waals surface area contributed by atoms with Gasteiger partial charge in [0.25, 0.3) is 0 Å². The summed E-state index contributed by atoms with van der Waals surface area (Å²) in [5.74, 6) is 0. The highest BCUT2D eigenvalue weighted by Crippen LogP contribution is 2.16. The summed E-state index contributed by atoms with van der Waals surface area (Å²) in [6.07, 6.45) is 0. The third kappa shape index (κ3) is 4.88. The van der Waals surface area contributed by atoms with Gasteiger partial charge in [0.1, 0.15) is 0 Å². The Hall–Kier alpha value is -1.73. The first-order chi connectivity index (χ1) is 11.8. The summed E-state index contributed by atoms with van der Waals surface area (Å²) in [6.45, 7) is 8.65. The van der Waals surface area contributed by atoms with E-state index in [2.05, 4.69) is 31.9 Å². The average Bonchev–Trinajstić information content (AvgIpc) is 2.57. The molecule has 1 aliphatic heterocycles. The molecule has 0 atom stereocenters. The van der Waals surface area contributed by atoms with Crippen molar-refractivity contribution in [1.82, 2.24) is 25.8 Å². The molecule has 2 aromatic rings. The van der Waals surface area contributed by atoms with Crippen LogP contribution in [0.5, 0.6) is 0 Å². The van der Waals surface area contributed by atoms with Gasteiger partial charge in [-0.2, -0.15) is 0 Å². The van der Waals surface area contributed by atoms with Crippen molar-refractivity contribution in [3.63, 3.8) is 0 Å². The Morgan fingerprint density at radius 2 is 1.50 bits per heavy atom. The molecule has 1 fully saturated rings. The van der Waals surface area contributed by atoms with E-state index in [1.807, 2.05) is 18.2 Å². The van der Waals surface area contributed by atoms with Gasteiger partial charge in [0.15, 0.2) is 0 Å². The summed E-state index contributed by atoms with van der Waals surface area (Å²) < 4.78 is 0. The van der Waals surface area contributed by atoms with E-state index in [1.165, 1.54) is 0 Å². The molecule has 0 amide bonds. The minimum atomic E-state index is -0.0274. The van der Waals surface area contributed by atoms with Crippen molar-refractivity contribution in [3.8, 4) is 0 Å². The van der Waals surface area contributed by atoms with Gasteiger partial charge in [-0.1, -0.05) is 18.2 Å². The van der Waals surface area contributed by atoms with E-state index in [-0.39, 0.29) is 5.56 Å². The molecular weight excluding hydrogens is 302 g/mol. The smallest absolute Gasteiger partial charge is 0.248 e. The summed E-state index contributed by atoms with van der Waals surface area (Å²) in [6, 6.07) is 9.77. The molecular formula is C18H27N5O. The fourth-order valence-electron chi connectivity index (χ4n) is 3.12. The maximum absolute atomic E-state index is 11.9. The van der Waals surface area contributed by atoms with E-state index in [4.69, 9.17) is 0 Å². The molecule has 0 bridgehead atoms. The Balaban J connectivity index is 1.73. The van der Waals surface area contributed by atoms with Crippen LogP contribution in [0.4, 0.5) is 0 Å². The first kappa shape index (κ1) is 17.1. The number of nitrogens with zero attached hydrogens (tertiary/aromatic N) is 1. The topological polar surface area (TPSA) is 72.2 Å². The van der Waals surface area contributed by atoms with Crippen LogP contribution >= 0.6 is 0 Å². The molecule has 3 rings (SSSR count). The Morgan fingerprint density at radius 3 is 2.21 bits per heavy atom. The number of fused-ring (bicyclic) bond motifs is 1. The van der Waals surface area contributed by atoms with Gasteiger partial charge in [-0.25, -0.2) is 0 Å². The molecule has 1 aliphatic rings. The lowest BCUT2D eigenvalue weighted by Crippen LogP contribution is -2.41. The van der Waals surface area contributed by atoms with Gasteiger partial charge in [-0.05, 0) is 11.6 Å². The number of aromatic amines is 1. The quantitative estimate of drug-likeness (QED) is 0.630. The molecule has 0 spiro atoms. The van der Waals surface area contributed by atoms with Crippen LogP contribution < -0.4 is 21.5 Å². The van der Waals surface area contributed by atoms with Crippen molar-refractivity contribution in [3.05, 3.63) is 46.2 Å². The largest absolute Gasteiger partial charge is 0.322 e. The van der Waals surface area contributed by atoms with Crippen molar-refractivity contribution in [1.29, 1.82) is 0 Å². The molecule has 6 heteroatoms. The Kier molecular flexibility index (Phi) is 6.37. The van der Waals surface area contributed by atoms with Gasteiger partial charge in [0.05, 0.1) is 0 Å². The molecule has 1 saturated heterocycles. The number of para-hydroxylation sites is 1. The van der Waals surface area contributed by atoms with E-state index in [1.54, 1.807) is 6.07 Å². The second-order valence-electron chi connectivity index (χ2n) is 6.23. The van der Waals surface area contributed by atoms with Gasteiger partial charge < -0.3 is 20.9 Å². The molecule has 0 aliphatic carbocycles. The van der Waals surface area contributed by atoms with Crippen molar-refractivity contribution in [2.75, 3.05) is 52.4 Å². The molecule has 24 heavy (non-hydrogen) atoms. The van der Waals surface area contributed by atoms with Crippen LogP contribution in [0.2, 0.25) is 0 Å². The van der Waals surface area contributed by atoms with Gasteiger partial charge in [-0.15, -0.1) is 0 Å². The summed E-state index contributed by atoms with van der Waals surface area (Å²) in [7, 11) is 0. The number of hydrogen-bond donors (Lipinski definition) is 4. The lowest BCUT2D eigenvalue weighted by Gasteiger charge is -2.24. The minimum Gasteiger partial charge on any atom is -0.322 e. The lowest BCUT2D eigenvalue weighted by atomic mass is 10.1. The average molecular weight is 329 g/mol. The van der Waals surface area contributed by atoms with Crippen LogP contribution in [0.1, 0.15) is 5.56 Å². The summed E-state index contributed by atoms with van der Waals surface area (Å²) in [5, 5.41) is 11.5. The van der Waals surface area contributed by atoms with Crippen LogP contribution in [0.25, 0.3) is 10.9 Å². The number of hydrogen-bond acceptors (Lipinski definition) is 5. The highest BCUT2D eigenvalue weighted by molar-refractivity contribution is 5.81. The second-order valence-corrected chi connectivity index (χ2v) is 6.23. The van der Waals surface area contributed by atoms with E-state index < -0.39 is 0 Å². The van der Waals surface area contributed by atoms with Crippen molar-refractivity contribution in [2.24, 2.45) is 0 Å². The predicted molar refractivity (Wildman–Crippen MR) is 98.5 cm³/mol. The SMILES string of the molecule is O=c1cc(CN2CCNCCNCCNCC2)c2ccccc2[nH]1. The Labute approximate surface area is 142 Å². The van der Waals surface area contributed by atoms with Crippen LogP contribution in [-0.2, 0) is 6.54 Å². The number of pyridine rings is 1. The maximum Gasteiger partial charge on any atom is 0.248 e. The molecule has 0 radical (unpaired) electrons. The van der Waals surface area contributed by atoms with Crippen molar-refractivity contribution < 1.29 is 0 Å². The first-order valence-electron chi connectivity index (χ1n) is 8.78. The fraction of sp³-hybridized carbons (Fsp3) is 0.500. The lowest BCUT2D eigenvalue weighted by molar-refractivity contribution is 0.264. The molecule has 130 valence electrons. The van der Waals surface area contributed by atoms with Gasteiger partial charge in [0.2, 0.25) is 5.56 Å². The Morgan fingerprint density at radius 1 is 0.875 bits per heavy atom. The van der Waals surface area contributed by atoms with Gasteiger partial charge in [0, 0.05) is 75.9 Å². The molecule has 1 aromatic heterocycles. The summed E-state index contributed by atoms with van der Waals surface area (Å²) in [5.41, 5.74) is 1.99. The van der Waals surface area contributed by atoms with Crippen molar-refractivity contribution in [2.45, 2.75) is 6.54 Å². The van der Waals surface area contributed by atoms with Crippen molar-refractivity contribution >= 4 is 10.9 Å². The zero-order valence-electron chi connectivity index (χ0n) is 14.1. The number of rotatable bonds is 2. The zero-order valence-corrected chi connectivity index (χ0v) is 14.1. The first-order valence-corrected chi connectivity index (χ1v) is 8.78. The van der Waals surface area contributed by atoms with E-state index in [0.717, 1.165) is 75.4 Å². The van der Waals surface area contributed by atoms with Gasteiger partial charge >= 0.3 is 0 Å². The third-order valence-corrected chi connectivity index (χ3v) is 4.40. The van der Waals surface area contributed by atoms with Gasteiger partial charge in [-0.3, -0.25) is 9.69 Å². The molecule has 2 heterocycles. The number of H-pyrrole nitrogens is 1. The molecule has 0 saturated carbocycles. The van der Waals surface area contributed by atoms with Crippen LogP contribution in [0, 0.1) is 0 Å². The monoisotopic (exact) mass is 329 g/mol. The fourth-order valence-corrected chi connectivity index (χ4v) is 3.12. The molecule has 0 unspecified atom stereocenters. The normalized spacial score (nSPS) is 18.8. The zero-order chi connectivity index (χ0) is 16.6. The number of aromatic nitrogens is 1. The van der Waals surface area contributed by atoms with E-state index in [9.17, 15) is 4.79 Å². The van der Waals surface area contributed by atoms with Crippen LogP contribution in [-0.4, -0.2) is 62.2 Å².